The summed E-state index contributed by atoms with van der Waals surface area (Å²) in [6.07, 6.45) is 3.85. The first kappa shape index (κ1) is 11.3. The highest BCUT2D eigenvalue weighted by atomic mass is 127. The van der Waals surface area contributed by atoms with Crippen LogP contribution in [0.4, 0.5) is 5.69 Å². The van der Waals surface area contributed by atoms with E-state index in [4.69, 9.17) is 0 Å². The molecule has 0 radical (unpaired) electrons. The van der Waals surface area contributed by atoms with E-state index in [1.807, 2.05) is 18.2 Å². The minimum atomic E-state index is 0.927. The number of halogens is 1. The van der Waals surface area contributed by atoms with Gasteiger partial charge < -0.3 is 4.90 Å². The van der Waals surface area contributed by atoms with Gasteiger partial charge in [-0.25, -0.2) is 0 Å². The van der Waals surface area contributed by atoms with E-state index < -0.39 is 0 Å². The predicted molar refractivity (Wildman–Crippen MR) is 72.0 cm³/mol. The maximum atomic E-state index is 3.68. The monoisotopic (exact) mass is 299 g/mol. The molecule has 0 heterocycles. The highest BCUT2D eigenvalue weighted by Gasteiger charge is 1.99. The zero-order chi connectivity index (χ0) is 10.4. The summed E-state index contributed by atoms with van der Waals surface area (Å²) >= 11 is 2.33. The van der Waals surface area contributed by atoms with Crippen molar-refractivity contribution in [2.24, 2.45) is 0 Å². The van der Waals surface area contributed by atoms with Gasteiger partial charge in [-0.05, 0) is 34.7 Å². The van der Waals surface area contributed by atoms with Gasteiger partial charge in [-0.2, -0.15) is 0 Å². The van der Waals surface area contributed by atoms with Gasteiger partial charge in [0.1, 0.15) is 0 Å². The summed E-state index contributed by atoms with van der Waals surface area (Å²) < 4.78 is 1.28. The van der Waals surface area contributed by atoms with Crippen LogP contribution in [-0.4, -0.2) is 13.6 Å². The summed E-state index contributed by atoms with van der Waals surface area (Å²) in [6.45, 7) is 4.61. The van der Waals surface area contributed by atoms with Crippen molar-refractivity contribution in [3.63, 3.8) is 0 Å². The number of hydrogen-bond acceptors (Lipinski definition) is 1. The van der Waals surface area contributed by atoms with Crippen LogP contribution in [0.5, 0.6) is 0 Å². The molecule has 1 aromatic rings. The van der Waals surface area contributed by atoms with Crippen LogP contribution in [0.2, 0.25) is 0 Å². The number of para-hydroxylation sites is 1. The van der Waals surface area contributed by atoms with E-state index in [2.05, 4.69) is 65.4 Å². The third kappa shape index (κ3) is 3.54. The standard InChI is InChI=1S/C12H14IN/c1-3-7-11(13)10-14(2)12-8-5-4-6-9-12/h3-9H,1,10H2,2H3/b11-7-. The smallest absolute Gasteiger partial charge is 0.0483 e. The molecule has 0 aliphatic rings. The van der Waals surface area contributed by atoms with Gasteiger partial charge in [-0.1, -0.05) is 36.9 Å². The minimum Gasteiger partial charge on any atom is -0.370 e. The van der Waals surface area contributed by atoms with Crippen molar-refractivity contribution in [2.75, 3.05) is 18.5 Å². The summed E-state index contributed by atoms with van der Waals surface area (Å²) in [5, 5.41) is 0. The number of nitrogens with zero attached hydrogens (tertiary/aromatic N) is 1. The third-order valence-corrected chi connectivity index (χ3v) is 2.58. The second-order valence-electron chi connectivity index (χ2n) is 3.04. The molecule has 0 saturated carbocycles. The van der Waals surface area contributed by atoms with Gasteiger partial charge in [-0.15, -0.1) is 0 Å². The van der Waals surface area contributed by atoms with Gasteiger partial charge in [0, 0.05) is 22.9 Å². The molecule has 0 saturated heterocycles. The lowest BCUT2D eigenvalue weighted by atomic mass is 10.3. The Bertz CT molecular complexity index is 316. The van der Waals surface area contributed by atoms with Crippen molar-refractivity contribution < 1.29 is 0 Å². The largest absolute Gasteiger partial charge is 0.370 e. The molecule has 0 N–H and O–H groups in total. The zero-order valence-electron chi connectivity index (χ0n) is 8.28. The Morgan fingerprint density at radius 2 is 2.07 bits per heavy atom. The second kappa shape index (κ2) is 5.86. The van der Waals surface area contributed by atoms with Crippen LogP contribution in [0.3, 0.4) is 0 Å². The summed E-state index contributed by atoms with van der Waals surface area (Å²) in [4.78, 5) is 2.21. The SMILES string of the molecule is C=C/C=C(\I)CN(C)c1ccccc1. The maximum absolute atomic E-state index is 3.68. The van der Waals surface area contributed by atoms with E-state index in [1.54, 1.807) is 0 Å². The Kier molecular flexibility index (Phi) is 4.73. The molecule has 0 unspecified atom stereocenters. The van der Waals surface area contributed by atoms with Gasteiger partial charge in [0.2, 0.25) is 0 Å². The molecular weight excluding hydrogens is 285 g/mol. The molecular formula is C12H14IN. The first-order chi connectivity index (χ1) is 6.74. The Labute approximate surface area is 99.3 Å². The molecule has 74 valence electrons. The zero-order valence-corrected chi connectivity index (χ0v) is 10.4. The fourth-order valence-corrected chi connectivity index (χ4v) is 1.95. The normalized spacial score (nSPS) is 11.1. The van der Waals surface area contributed by atoms with Crippen LogP contribution in [-0.2, 0) is 0 Å². The third-order valence-electron chi connectivity index (χ3n) is 1.88. The molecule has 0 atom stereocenters. The van der Waals surface area contributed by atoms with Crippen molar-refractivity contribution in [3.05, 3.63) is 52.6 Å². The lowest BCUT2D eigenvalue weighted by molar-refractivity contribution is 1.03. The van der Waals surface area contributed by atoms with Gasteiger partial charge in [0.15, 0.2) is 0 Å². The number of anilines is 1. The van der Waals surface area contributed by atoms with E-state index in [0.29, 0.717) is 0 Å². The summed E-state index contributed by atoms with van der Waals surface area (Å²) in [7, 11) is 2.09. The van der Waals surface area contributed by atoms with Gasteiger partial charge in [0.05, 0.1) is 0 Å². The van der Waals surface area contributed by atoms with Crippen LogP contribution >= 0.6 is 22.6 Å². The highest BCUT2D eigenvalue weighted by Crippen LogP contribution is 2.15. The van der Waals surface area contributed by atoms with Crippen LogP contribution in [0.15, 0.2) is 52.6 Å². The van der Waals surface area contributed by atoms with Crippen LogP contribution in [0.1, 0.15) is 0 Å². The van der Waals surface area contributed by atoms with Gasteiger partial charge >= 0.3 is 0 Å². The molecule has 1 aromatic carbocycles. The van der Waals surface area contributed by atoms with Crippen LogP contribution < -0.4 is 4.90 Å². The van der Waals surface area contributed by atoms with E-state index >= 15 is 0 Å². The van der Waals surface area contributed by atoms with Crippen molar-refractivity contribution in [1.29, 1.82) is 0 Å². The Balaban J connectivity index is 2.63. The van der Waals surface area contributed by atoms with Crippen molar-refractivity contribution in [3.8, 4) is 0 Å². The number of likely N-dealkylation sites (N-methyl/N-ethyl adjacent to an activating group) is 1. The summed E-state index contributed by atoms with van der Waals surface area (Å²) in [6, 6.07) is 10.4. The summed E-state index contributed by atoms with van der Waals surface area (Å²) in [5.41, 5.74) is 1.24. The number of hydrogen-bond donors (Lipinski definition) is 0. The lowest BCUT2D eigenvalue weighted by Gasteiger charge is -2.18. The van der Waals surface area contributed by atoms with Gasteiger partial charge in [0.25, 0.3) is 0 Å². The molecule has 0 bridgehead atoms. The maximum Gasteiger partial charge on any atom is 0.0483 e. The molecule has 1 rings (SSSR count). The average molecular weight is 299 g/mol. The molecule has 0 aliphatic carbocycles. The Hall–Kier alpha value is -0.770. The van der Waals surface area contributed by atoms with E-state index in [1.165, 1.54) is 9.27 Å². The van der Waals surface area contributed by atoms with E-state index in [0.717, 1.165) is 6.54 Å². The van der Waals surface area contributed by atoms with Crippen LogP contribution in [0, 0.1) is 0 Å². The average Bonchev–Trinajstić information content (AvgIpc) is 2.19. The molecule has 0 spiro atoms. The fraction of sp³-hybridized carbons (Fsp3) is 0.167. The minimum absolute atomic E-state index is 0.927. The van der Waals surface area contributed by atoms with Gasteiger partial charge in [-0.3, -0.25) is 0 Å². The van der Waals surface area contributed by atoms with E-state index in [9.17, 15) is 0 Å². The number of benzene rings is 1. The fourth-order valence-electron chi connectivity index (χ4n) is 1.18. The lowest BCUT2D eigenvalue weighted by Crippen LogP contribution is -2.18. The summed E-state index contributed by atoms with van der Waals surface area (Å²) in [5.74, 6) is 0. The Morgan fingerprint density at radius 3 is 2.64 bits per heavy atom. The van der Waals surface area contributed by atoms with Crippen LogP contribution in [0.25, 0.3) is 0 Å². The first-order valence-corrected chi connectivity index (χ1v) is 5.55. The predicted octanol–water partition coefficient (Wildman–Crippen LogP) is 3.63. The quantitative estimate of drug-likeness (QED) is 0.606. The molecule has 0 aromatic heterocycles. The first-order valence-electron chi connectivity index (χ1n) is 4.47. The molecule has 0 fully saturated rings. The molecule has 2 heteroatoms. The number of rotatable bonds is 4. The van der Waals surface area contributed by atoms with E-state index in [-0.39, 0.29) is 0 Å². The molecule has 0 amide bonds. The van der Waals surface area contributed by atoms with Crippen molar-refractivity contribution in [2.45, 2.75) is 0 Å². The second-order valence-corrected chi connectivity index (χ2v) is 4.43. The van der Waals surface area contributed by atoms with Crippen molar-refractivity contribution in [1.82, 2.24) is 0 Å². The molecule has 1 nitrogen and oxygen atoms in total. The highest BCUT2D eigenvalue weighted by molar-refractivity contribution is 14.1. The van der Waals surface area contributed by atoms with Crippen molar-refractivity contribution >= 4 is 28.3 Å². The molecule has 14 heavy (non-hydrogen) atoms. The topological polar surface area (TPSA) is 3.24 Å². The number of allylic oxidation sites excluding steroid dienone is 2. The Morgan fingerprint density at radius 1 is 1.43 bits per heavy atom. The molecule has 0 aliphatic heterocycles.